The molecule has 1 N–H and O–H groups in total. The maximum Gasteiger partial charge on any atom is 0.244 e. The molecule has 1 aliphatic carbocycles. The number of guanidine groups is 1. The lowest BCUT2D eigenvalue weighted by Crippen LogP contribution is -2.43. The predicted molar refractivity (Wildman–Crippen MR) is 100 cm³/mol. The smallest absolute Gasteiger partial charge is 0.244 e. The molecule has 1 saturated carbocycles. The third kappa shape index (κ3) is 5.99. The lowest BCUT2D eigenvalue weighted by Gasteiger charge is -2.31. The molecule has 5 heteroatoms. The van der Waals surface area contributed by atoms with Gasteiger partial charge in [-0.15, -0.1) is 0 Å². The van der Waals surface area contributed by atoms with Crippen LogP contribution in [0.15, 0.2) is 4.99 Å². The van der Waals surface area contributed by atoms with Gasteiger partial charge in [0.25, 0.3) is 0 Å². The Kier molecular flexibility index (Phi) is 7.86. The van der Waals surface area contributed by atoms with Crippen LogP contribution in [0.25, 0.3) is 0 Å². The van der Waals surface area contributed by atoms with Crippen LogP contribution in [0.4, 0.5) is 0 Å². The largest absolute Gasteiger partial charge is 0.357 e. The molecule has 1 saturated heterocycles. The van der Waals surface area contributed by atoms with Crippen LogP contribution in [0.2, 0.25) is 0 Å². The van der Waals surface area contributed by atoms with Gasteiger partial charge in [0.05, 0.1) is 0 Å². The summed E-state index contributed by atoms with van der Waals surface area (Å²) in [6, 6.07) is 0. The highest BCUT2D eigenvalue weighted by atomic mass is 16.2. The van der Waals surface area contributed by atoms with Gasteiger partial charge in [0.2, 0.25) is 5.91 Å². The fraction of sp³-hybridized carbons (Fsp3) is 0.895. The zero-order valence-electron chi connectivity index (χ0n) is 15.9. The van der Waals surface area contributed by atoms with E-state index in [1.54, 1.807) is 0 Å². The monoisotopic (exact) mass is 336 g/mol. The van der Waals surface area contributed by atoms with E-state index in [4.69, 9.17) is 0 Å². The molecule has 0 unspecified atom stereocenters. The van der Waals surface area contributed by atoms with Gasteiger partial charge in [0, 0.05) is 33.2 Å². The topological polar surface area (TPSA) is 47.9 Å². The highest BCUT2D eigenvalue weighted by Gasteiger charge is 2.21. The number of hydrogen-bond acceptors (Lipinski definition) is 2. The third-order valence-corrected chi connectivity index (χ3v) is 5.44. The highest BCUT2D eigenvalue weighted by molar-refractivity contribution is 5.85. The van der Waals surface area contributed by atoms with E-state index in [-0.39, 0.29) is 12.5 Å². The lowest BCUT2D eigenvalue weighted by atomic mass is 9.83. The van der Waals surface area contributed by atoms with E-state index in [1.807, 2.05) is 4.90 Å². The molecular formula is C19H36N4O. The Bertz CT molecular complexity index is 410. The fourth-order valence-electron chi connectivity index (χ4n) is 3.84. The average molecular weight is 337 g/mol. The summed E-state index contributed by atoms with van der Waals surface area (Å²) in [5.74, 6) is 2.69. The summed E-state index contributed by atoms with van der Waals surface area (Å²) >= 11 is 0. The maximum absolute atomic E-state index is 12.3. The molecule has 1 amide bonds. The second-order valence-corrected chi connectivity index (χ2v) is 7.62. The quantitative estimate of drug-likeness (QED) is 0.620. The Morgan fingerprint density at radius 3 is 2.46 bits per heavy atom. The standard InChI is InChI=1S/C19H36N4O/c1-4-20-19(21-14-18(24)23-12-6-5-7-13-23)22(3)15-17-10-8-16(2)9-11-17/h16-17H,4-15H2,1-3H3,(H,20,21). The van der Waals surface area contributed by atoms with Gasteiger partial charge in [-0.05, 0) is 50.9 Å². The summed E-state index contributed by atoms with van der Waals surface area (Å²) in [6.07, 6.45) is 8.85. The first kappa shape index (κ1) is 19.1. The SMILES string of the molecule is CCNC(=NCC(=O)N1CCCCC1)N(C)CC1CCC(C)CC1. The minimum Gasteiger partial charge on any atom is -0.357 e. The number of carbonyl (C=O) groups excluding carboxylic acids is 1. The molecule has 1 heterocycles. The molecule has 5 nitrogen and oxygen atoms in total. The molecule has 0 atom stereocenters. The van der Waals surface area contributed by atoms with Crippen LogP contribution in [-0.2, 0) is 4.79 Å². The molecule has 2 rings (SSSR count). The van der Waals surface area contributed by atoms with Crippen molar-refractivity contribution in [2.24, 2.45) is 16.8 Å². The molecule has 0 aromatic rings. The molecule has 0 bridgehead atoms. The van der Waals surface area contributed by atoms with Gasteiger partial charge in [0.15, 0.2) is 5.96 Å². The third-order valence-electron chi connectivity index (χ3n) is 5.44. The minimum absolute atomic E-state index is 0.171. The van der Waals surface area contributed by atoms with Crippen molar-refractivity contribution < 1.29 is 4.79 Å². The van der Waals surface area contributed by atoms with Crippen molar-refractivity contribution in [3.63, 3.8) is 0 Å². The fourth-order valence-corrected chi connectivity index (χ4v) is 3.84. The normalized spacial score (nSPS) is 25.5. The van der Waals surface area contributed by atoms with Crippen molar-refractivity contribution in [2.45, 2.75) is 58.8 Å². The van der Waals surface area contributed by atoms with E-state index >= 15 is 0 Å². The number of rotatable bonds is 5. The molecule has 1 aliphatic heterocycles. The molecule has 0 spiro atoms. The van der Waals surface area contributed by atoms with Gasteiger partial charge >= 0.3 is 0 Å². The summed E-state index contributed by atoms with van der Waals surface area (Å²) in [5, 5.41) is 3.34. The second kappa shape index (κ2) is 9.90. The average Bonchev–Trinajstić information content (AvgIpc) is 2.61. The Morgan fingerprint density at radius 2 is 1.83 bits per heavy atom. The molecule has 2 fully saturated rings. The van der Waals surface area contributed by atoms with Crippen LogP contribution >= 0.6 is 0 Å². The van der Waals surface area contributed by atoms with Crippen LogP contribution in [0.1, 0.15) is 58.8 Å². The van der Waals surface area contributed by atoms with Gasteiger partial charge in [-0.2, -0.15) is 0 Å². The van der Waals surface area contributed by atoms with Crippen molar-refractivity contribution in [2.75, 3.05) is 39.8 Å². The Morgan fingerprint density at radius 1 is 1.17 bits per heavy atom. The number of carbonyl (C=O) groups is 1. The van der Waals surface area contributed by atoms with E-state index < -0.39 is 0 Å². The maximum atomic E-state index is 12.3. The highest BCUT2D eigenvalue weighted by Crippen LogP contribution is 2.28. The number of likely N-dealkylation sites (tertiary alicyclic amines) is 1. The van der Waals surface area contributed by atoms with E-state index in [9.17, 15) is 4.79 Å². The number of nitrogens with one attached hydrogen (secondary N) is 1. The van der Waals surface area contributed by atoms with Crippen LogP contribution < -0.4 is 5.32 Å². The van der Waals surface area contributed by atoms with Gasteiger partial charge in [0.1, 0.15) is 6.54 Å². The van der Waals surface area contributed by atoms with E-state index in [0.29, 0.717) is 0 Å². The van der Waals surface area contributed by atoms with Gasteiger partial charge in [-0.25, -0.2) is 4.99 Å². The molecule has 0 aromatic carbocycles. The molecule has 138 valence electrons. The summed E-state index contributed by atoms with van der Waals surface area (Å²) in [4.78, 5) is 21.1. The minimum atomic E-state index is 0.171. The Hall–Kier alpha value is -1.26. The van der Waals surface area contributed by atoms with Crippen molar-refractivity contribution in [1.82, 2.24) is 15.1 Å². The number of amides is 1. The van der Waals surface area contributed by atoms with Crippen LogP contribution in [-0.4, -0.2) is 61.4 Å². The molecule has 2 aliphatic rings. The van der Waals surface area contributed by atoms with E-state index in [2.05, 4.69) is 36.1 Å². The molecule has 24 heavy (non-hydrogen) atoms. The van der Waals surface area contributed by atoms with Crippen LogP contribution in [0.5, 0.6) is 0 Å². The van der Waals surface area contributed by atoms with Gasteiger partial charge < -0.3 is 15.1 Å². The Balaban J connectivity index is 1.85. The van der Waals surface area contributed by atoms with Crippen molar-refractivity contribution >= 4 is 11.9 Å². The van der Waals surface area contributed by atoms with E-state index in [1.165, 1.54) is 32.1 Å². The molecule has 0 radical (unpaired) electrons. The number of nitrogens with zero attached hydrogens (tertiary/aromatic N) is 3. The summed E-state index contributed by atoms with van der Waals surface area (Å²) < 4.78 is 0. The number of piperidine rings is 1. The zero-order chi connectivity index (χ0) is 17.4. The first-order valence-electron chi connectivity index (χ1n) is 9.87. The van der Waals surface area contributed by atoms with Gasteiger partial charge in [-0.1, -0.05) is 19.8 Å². The first-order valence-corrected chi connectivity index (χ1v) is 9.87. The summed E-state index contributed by atoms with van der Waals surface area (Å²) in [7, 11) is 2.10. The lowest BCUT2D eigenvalue weighted by molar-refractivity contribution is -0.130. The van der Waals surface area contributed by atoms with Crippen molar-refractivity contribution in [3.8, 4) is 0 Å². The number of hydrogen-bond donors (Lipinski definition) is 1. The number of aliphatic imine (C=N–C) groups is 1. The molecular weight excluding hydrogens is 300 g/mol. The zero-order valence-corrected chi connectivity index (χ0v) is 15.9. The van der Waals surface area contributed by atoms with Crippen LogP contribution in [0.3, 0.4) is 0 Å². The van der Waals surface area contributed by atoms with Crippen molar-refractivity contribution in [1.29, 1.82) is 0 Å². The van der Waals surface area contributed by atoms with Crippen LogP contribution in [0, 0.1) is 11.8 Å². The van der Waals surface area contributed by atoms with Gasteiger partial charge in [-0.3, -0.25) is 4.79 Å². The summed E-state index contributed by atoms with van der Waals surface area (Å²) in [6.45, 7) is 8.39. The Labute approximate surface area is 147 Å². The molecule has 0 aromatic heterocycles. The van der Waals surface area contributed by atoms with Crippen molar-refractivity contribution in [3.05, 3.63) is 0 Å². The first-order chi connectivity index (χ1) is 11.6. The predicted octanol–water partition coefficient (Wildman–Crippen LogP) is 2.72. The second-order valence-electron chi connectivity index (χ2n) is 7.62. The van der Waals surface area contributed by atoms with E-state index in [0.717, 1.165) is 56.8 Å². The summed E-state index contributed by atoms with van der Waals surface area (Å²) in [5.41, 5.74) is 0.